The summed E-state index contributed by atoms with van der Waals surface area (Å²) in [4.78, 5) is 13.0. The van der Waals surface area contributed by atoms with Crippen LogP contribution in [-0.2, 0) is 4.79 Å². The van der Waals surface area contributed by atoms with Gasteiger partial charge in [0.05, 0.1) is 7.11 Å². The Kier molecular flexibility index (Phi) is 6.82. The van der Waals surface area contributed by atoms with Gasteiger partial charge in [0.1, 0.15) is 5.75 Å². The number of carboxylic acid groups (broad SMARTS) is 1. The molecule has 1 N–H and O–H groups in total. The Bertz CT molecular complexity index is 439. The summed E-state index contributed by atoms with van der Waals surface area (Å²) in [5, 5.41) is 8.71. The lowest BCUT2D eigenvalue weighted by Crippen LogP contribution is -2.25. The third-order valence-corrected chi connectivity index (χ3v) is 3.70. The first kappa shape index (κ1) is 16.8. The number of aliphatic carboxylic acids is 1. The standard InChI is InChI=1S/C15H21NO3.ClH/c1-19-14-8-3-2-6-12(14)13-7-4-10-16(13)11-5-9-15(17)18;/h2-3,6,8,13H,4-5,7,9-11H2,1H3,(H,17,18);1H. The Morgan fingerprint density at radius 3 is 2.90 bits per heavy atom. The zero-order chi connectivity index (χ0) is 13.7. The molecule has 1 saturated heterocycles. The molecule has 1 aliphatic heterocycles. The highest BCUT2D eigenvalue weighted by atomic mass is 35.5. The number of likely N-dealkylation sites (tertiary alicyclic amines) is 1. The van der Waals surface area contributed by atoms with E-state index in [9.17, 15) is 4.79 Å². The van der Waals surface area contributed by atoms with Crippen LogP contribution in [0.3, 0.4) is 0 Å². The van der Waals surface area contributed by atoms with E-state index < -0.39 is 5.97 Å². The van der Waals surface area contributed by atoms with Crippen LogP contribution in [0.2, 0.25) is 0 Å². The smallest absolute Gasteiger partial charge is 0.303 e. The molecule has 0 saturated carbocycles. The van der Waals surface area contributed by atoms with Crippen molar-refractivity contribution in [3.63, 3.8) is 0 Å². The third kappa shape index (κ3) is 4.12. The van der Waals surface area contributed by atoms with Gasteiger partial charge in [0.25, 0.3) is 0 Å². The molecular formula is C15H22ClNO3. The molecule has 4 nitrogen and oxygen atoms in total. The van der Waals surface area contributed by atoms with E-state index >= 15 is 0 Å². The topological polar surface area (TPSA) is 49.8 Å². The molecule has 0 aromatic heterocycles. The monoisotopic (exact) mass is 299 g/mol. The normalized spacial score (nSPS) is 18.6. The minimum Gasteiger partial charge on any atom is -0.496 e. The van der Waals surface area contributed by atoms with Crippen molar-refractivity contribution in [2.75, 3.05) is 20.2 Å². The molecule has 0 bridgehead atoms. The summed E-state index contributed by atoms with van der Waals surface area (Å²) < 4.78 is 5.43. The molecule has 1 aromatic carbocycles. The summed E-state index contributed by atoms with van der Waals surface area (Å²) in [6.07, 6.45) is 3.24. The molecule has 0 radical (unpaired) electrons. The molecule has 20 heavy (non-hydrogen) atoms. The molecule has 0 aliphatic carbocycles. The highest BCUT2D eigenvalue weighted by Gasteiger charge is 2.27. The molecule has 0 spiro atoms. The maximum atomic E-state index is 10.6. The summed E-state index contributed by atoms with van der Waals surface area (Å²) in [5.74, 6) is 0.214. The molecule has 1 aliphatic rings. The summed E-state index contributed by atoms with van der Waals surface area (Å²) in [5.41, 5.74) is 1.22. The van der Waals surface area contributed by atoms with Crippen LogP contribution in [-0.4, -0.2) is 36.2 Å². The van der Waals surface area contributed by atoms with Gasteiger partial charge in [-0.15, -0.1) is 12.4 Å². The van der Waals surface area contributed by atoms with Crippen LogP contribution >= 0.6 is 12.4 Å². The van der Waals surface area contributed by atoms with Crippen molar-refractivity contribution >= 4 is 18.4 Å². The van der Waals surface area contributed by atoms with Crippen LogP contribution in [0.25, 0.3) is 0 Å². The molecule has 1 unspecified atom stereocenters. The van der Waals surface area contributed by atoms with E-state index in [0.29, 0.717) is 12.5 Å². The van der Waals surface area contributed by atoms with Gasteiger partial charge in [-0.25, -0.2) is 0 Å². The van der Waals surface area contributed by atoms with Gasteiger partial charge in [0.2, 0.25) is 0 Å². The molecule has 5 heteroatoms. The Morgan fingerprint density at radius 1 is 1.45 bits per heavy atom. The third-order valence-electron chi connectivity index (χ3n) is 3.70. The summed E-state index contributed by atoms with van der Waals surface area (Å²) >= 11 is 0. The highest BCUT2D eigenvalue weighted by molar-refractivity contribution is 5.85. The number of nitrogens with zero attached hydrogens (tertiary/aromatic N) is 1. The van der Waals surface area contributed by atoms with Crippen LogP contribution in [0, 0.1) is 0 Å². The number of carbonyl (C=O) groups is 1. The van der Waals surface area contributed by atoms with Gasteiger partial charge < -0.3 is 9.84 Å². The van der Waals surface area contributed by atoms with Crippen molar-refractivity contribution < 1.29 is 14.6 Å². The maximum Gasteiger partial charge on any atom is 0.303 e. The van der Waals surface area contributed by atoms with Gasteiger partial charge in [0, 0.05) is 18.0 Å². The number of halogens is 1. The van der Waals surface area contributed by atoms with Crippen molar-refractivity contribution in [1.29, 1.82) is 0 Å². The van der Waals surface area contributed by atoms with Crippen LogP contribution in [0.4, 0.5) is 0 Å². The van der Waals surface area contributed by atoms with Crippen LogP contribution < -0.4 is 4.74 Å². The SMILES string of the molecule is COc1ccccc1C1CCCN1CCCC(=O)O.Cl. The number of para-hydroxylation sites is 1. The van der Waals surface area contributed by atoms with E-state index in [4.69, 9.17) is 9.84 Å². The van der Waals surface area contributed by atoms with E-state index in [1.54, 1.807) is 7.11 Å². The van der Waals surface area contributed by atoms with Gasteiger partial charge in [-0.1, -0.05) is 18.2 Å². The molecule has 1 atom stereocenters. The number of methoxy groups -OCH3 is 1. The molecule has 112 valence electrons. The quantitative estimate of drug-likeness (QED) is 0.877. The van der Waals surface area contributed by atoms with E-state index in [1.807, 2.05) is 18.2 Å². The number of hydrogen-bond donors (Lipinski definition) is 1. The highest BCUT2D eigenvalue weighted by Crippen LogP contribution is 2.36. The second-order valence-corrected chi connectivity index (χ2v) is 4.93. The maximum absolute atomic E-state index is 10.6. The van der Waals surface area contributed by atoms with Gasteiger partial charge in [-0.05, 0) is 38.4 Å². The van der Waals surface area contributed by atoms with Crippen molar-refractivity contribution in [3.05, 3.63) is 29.8 Å². The lowest BCUT2D eigenvalue weighted by Gasteiger charge is -2.25. The van der Waals surface area contributed by atoms with Gasteiger partial charge in [-0.3, -0.25) is 9.69 Å². The van der Waals surface area contributed by atoms with Gasteiger partial charge in [0.15, 0.2) is 0 Å². The second-order valence-electron chi connectivity index (χ2n) is 4.93. The zero-order valence-corrected chi connectivity index (χ0v) is 12.6. The number of rotatable bonds is 6. The first-order chi connectivity index (χ1) is 9.22. The Balaban J connectivity index is 0.00000200. The average molecular weight is 300 g/mol. The Labute approximate surface area is 126 Å². The predicted octanol–water partition coefficient (Wildman–Crippen LogP) is 3.12. The number of carboxylic acids is 1. The molecule has 2 rings (SSSR count). The fraction of sp³-hybridized carbons (Fsp3) is 0.533. The van der Waals surface area contributed by atoms with Crippen LogP contribution in [0.1, 0.15) is 37.3 Å². The van der Waals surface area contributed by atoms with Crippen molar-refractivity contribution in [1.82, 2.24) is 4.90 Å². The molecule has 1 fully saturated rings. The lowest BCUT2D eigenvalue weighted by molar-refractivity contribution is -0.137. The Morgan fingerprint density at radius 2 is 2.20 bits per heavy atom. The van der Waals surface area contributed by atoms with E-state index in [0.717, 1.165) is 31.7 Å². The van der Waals surface area contributed by atoms with E-state index in [-0.39, 0.29) is 18.8 Å². The van der Waals surface area contributed by atoms with Crippen molar-refractivity contribution in [2.24, 2.45) is 0 Å². The van der Waals surface area contributed by atoms with Gasteiger partial charge in [-0.2, -0.15) is 0 Å². The molecule has 1 heterocycles. The molecular weight excluding hydrogens is 278 g/mol. The predicted molar refractivity (Wildman–Crippen MR) is 80.7 cm³/mol. The lowest BCUT2D eigenvalue weighted by atomic mass is 10.0. The number of hydrogen-bond acceptors (Lipinski definition) is 3. The summed E-state index contributed by atoms with van der Waals surface area (Å²) in [7, 11) is 1.70. The van der Waals surface area contributed by atoms with Crippen LogP contribution in [0.5, 0.6) is 5.75 Å². The first-order valence-electron chi connectivity index (χ1n) is 6.81. The van der Waals surface area contributed by atoms with E-state index in [2.05, 4.69) is 11.0 Å². The minimum atomic E-state index is -0.715. The molecule has 0 amide bonds. The largest absolute Gasteiger partial charge is 0.496 e. The van der Waals surface area contributed by atoms with E-state index in [1.165, 1.54) is 5.56 Å². The Hall–Kier alpha value is -1.26. The number of benzene rings is 1. The minimum absolute atomic E-state index is 0. The first-order valence-corrected chi connectivity index (χ1v) is 6.81. The molecule has 1 aromatic rings. The van der Waals surface area contributed by atoms with Gasteiger partial charge >= 0.3 is 5.97 Å². The fourth-order valence-corrected chi connectivity index (χ4v) is 2.82. The zero-order valence-electron chi connectivity index (χ0n) is 11.7. The van der Waals surface area contributed by atoms with Crippen molar-refractivity contribution in [2.45, 2.75) is 31.7 Å². The van der Waals surface area contributed by atoms with Crippen molar-refractivity contribution in [3.8, 4) is 5.75 Å². The van der Waals surface area contributed by atoms with Crippen LogP contribution in [0.15, 0.2) is 24.3 Å². The second kappa shape index (κ2) is 8.12. The summed E-state index contributed by atoms with van der Waals surface area (Å²) in [6.45, 7) is 1.89. The average Bonchev–Trinajstić information content (AvgIpc) is 2.86. The fourth-order valence-electron chi connectivity index (χ4n) is 2.82. The number of ether oxygens (including phenoxy) is 1. The summed E-state index contributed by atoms with van der Waals surface area (Å²) in [6, 6.07) is 8.48.